The van der Waals surface area contributed by atoms with Gasteiger partial charge in [0.2, 0.25) is 5.91 Å². The number of rotatable bonds is 11. The maximum absolute atomic E-state index is 12.1. The zero-order valence-corrected chi connectivity index (χ0v) is 14.2. The first-order chi connectivity index (χ1) is 10.6. The smallest absolute Gasteiger partial charge is 0.306 e. The Hall–Kier alpha value is -1.06. The number of hydrogen-bond acceptors (Lipinski definition) is 2. The lowest BCUT2D eigenvalue weighted by Gasteiger charge is -2.30. The van der Waals surface area contributed by atoms with E-state index in [-0.39, 0.29) is 11.8 Å². The van der Waals surface area contributed by atoms with Gasteiger partial charge in [0.1, 0.15) is 0 Å². The van der Waals surface area contributed by atoms with Gasteiger partial charge in [-0.2, -0.15) is 0 Å². The van der Waals surface area contributed by atoms with Crippen molar-refractivity contribution in [2.24, 2.45) is 5.92 Å². The predicted molar refractivity (Wildman–Crippen MR) is 88.8 cm³/mol. The summed E-state index contributed by atoms with van der Waals surface area (Å²) in [5.41, 5.74) is 0. The van der Waals surface area contributed by atoms with Crippen LogP contribution in [0.5, 0.6) is 0 Å². The van der Waals surface area contributed by atoms with Crippen LogP contribution >= 0.6 is 0 Å². The van der Waals surface area contributed by atoms with Crippen molar-refractivity contribution in [3.05, 3.63) is 0 Å². The lowest BCUT2D eigenvalue weighted by molar-refractivity contribution is -0.145. The Morgan fingerprint density at radius 3 is 1.91 bits per heavy atom. The Morgan fingerprint density at radius 1 is 0.909 bits per heavy atom. The highest BCUT2D eigenvalue weighted by atomic mass is 16.4. The second-order valence-electron chi connectivity index (χ2n) is 6.57. The molecule has 0 radical (unpaired) electrons. The van der Waals surface area contributed by atoms with Crippen molar-refractivity contribution in [3.63, 3.8) is 0 Å². The van der Waals surface area contributed by atoms with E-state index in [1.54, 1.807) is 0 Å². The SMILES string of the molecule is CCCCCCCCCCCC(=O)N1CCC(C(=O)O)CC1. The zero-order valence-electron chi connectivity index (χ0n) is 14.2. The van der Waals surface area contributed by atoms with Crippen molar-refractivity contribution in [2.45, 2.75) is 84.0 Å². The van der Waals surface area contributed by atoms with Gasteiger partial charge in [-0.05, 0) is 19.3 Å². The molecule has 0 bridgehead atoms. The minimum Gasteiger partial charge on any atom is -0.481 e. The Morgan fingerprint density at radius 2 is 1.41 bits per heavy atom. The van der Waals surface area contributed by atoms with E-state index in [4.69, 9.17) is 5.11 Å². The molecule has 1 aliphatic heterocycles. The van der Waals surface area contributed by atoms with Gasteiger partial charge >= 0.3 is 5.97 Å². The van der Waals surface area contributed by atoms with Crippen LogP contribution in [0, 0.1) is 5.92 Å². The van der Waals surface area contributed by atoms with Crippen LogP contribution in [0.1, 0.15) is 84.0 Å². The predicted octanol–water partition coefficient (Wildman–Crippen LogP) is 4.23. The fourth-order valence-corrected chi connectivity index (χ4v) is 3.12. The largest absolute Gasteiger partial charge is 0.481 e. The van der Waals surface area contributed by atoms with Crippen molar-refractivity contribution in [1.82, 2.24) is 4.90 Å². The molecule has 1 fully saturated rings. The standard InChI is InChI=1S/C18H33NO3/c1-2-3-4-5-6-7-8-9-10-11-17(20)19-14-12-16(13-15-19)18(21)22/h16H,2-15H2,1H3,(H,21,22). The number of carbonyl (C=O) groups is 2. The number of nitrogens with zero attached hydrogens (tertiary/aromatic N) is 1. The summed E-state index contributed by atoms with van der Waals surface area (Å²) in [6.07, 6.45) is 13.2. The van der Waals surface area contributed by atoms with Crippen molar-refractivity contribution in [1.29, 1.82) is 0 Å². The number of likely N-dealkylation sites (tertiary alicyclic amines) is 1. The number of aliphatic carboxylic acids is 1. The fraction of sp³-hybridized carbons (Fsp3) is 0.889. The molecule has 4 heteroatoms. The number of unbranched alkanes of at least 4 members (excludes halogenated alkanes) is 8. The molecule has 1 N–H and O–H groups in total. The van der Waals surface area contributed by atoms with E-state index in [1.165, 1.54) is 44.9 Å². The van der Waals surface area contributed by atoms with Crippen LogP contribution in [0.4, 0.5) is 0 Å². The van der Waals surface area contributed by atoms with Crippen molar-refractivity contribution >= 4 is 11.9 Å². The number of hydrogen-bond donors (Lipinski definition) is 1. The first kappa shape index (κ1) is 19.0. The fourth-order valence-electron chi connectivity index (χ4n) is 3.12. The summed E-state index contributed by atoms with van der Waals surface area (Å²) in [6, 6.07) is 0. The summed E-state index contributed by atoms with van der Waals surface area (Å²) in [7, 11) is 0. The van der Waals surface area contributed by atoms with E-state index in [9.17, 15) is 9.59 Å². The molecule has 22 heavy (non-hydrogen) atoms. The van der Waals surface area contributed by atoms with Gasteiger partial charge in [-0.25, -0.2) is 0 Å². The summed E-state index contributed by atoms with van der Waals surface area (Å²) < 4.78 is 0. The first-order valence-corrected chi connectivity index (χ1v) is 9.15. The Bertz CT molecular complexity index is 322. The highest BCUT2D eigenvalue weighted by Gasteiger charge is 2.26. The molecule has 0 unspecified atom stereocenters. The molecule has 4 nitrogen and oxygen atoms in total. The molecule has 0 saturated carbocycles. The van der Waals surface area contributed by atoms with Gasteiger partial charge in [-0.3, -0.25) is 9.59 Å². The Balaban J connectivity index is 1.97. The van der Waals surface area contributed by atoms with Gasteiger partial charge in [0.05, 0.1) is 5.92 Å². The van der Waals surface area contributed by atoms with Crippen LogP contribution in [0.2, 0.25) is 0 Å². The monoisotopic (exact) mass is 311 g/mol. The lowest BCUT2D eigenvalue weighted by atomic mass is 9.97. The second-order valence-corrected chi connectivity index (χ2v) is 6.57. The van der Waals surface area contributed by atoms with Gasteiger partial charge in [-0.1, -0.05) is 58.3 Å². The molecule has 1 amide bonds. The van der Waals surface area contributed by atoms with Crippen LogP contribution in [0.25, 0.3) is 0 Å². The molecule has 1 aliphatic rings. The van der Waals surface area contributed by atoms with Gasteiger partial charge < -0.3 is 10.0 Å². The number of carboxylic acids is 1. The molecule has 1 saturated heterocycles. The number of amides is 1. The topological polar surface area (TPSA) is 57.6 Å². The van der Waals surface area contributed by atoms with E-state index in [2.05, 4.69) is 6.92 Å². The minimum absolute atomic E-state index is 0.215. The summed E-state index contributed by atoms with van der Waals surface area (Å²) in [4.78, 5) is 24.8. The van der Waals surface area contributed by atoms with Gasteiger partial charge in [0, 0.05) is 19.5 Å². The van der Waals surface area contributed by atoms with Crippen molar-refractivity contribution in [3.8, 4) is 0 Å². The lowest BCUT2D eigenvalue weighted by Crippen LogP contribution is -2.40. The second kappa shape index (κ2) is 11.5. The van der Waals surface area contributed by atoms with Gasteiger partial charge in [0.25, 0.3) is 0 Å². The van der Waals surface area contributed by atoms with Crippen LogP contribution in [-0.4, -0.2) is 35.0 Å². The molecule has 0 aromatic heterocycles. The summed E-state index contributed by atoms with van der Waals surface area (Å²) in [6.45, 7) is 3.47. The summed E-state index contributed by atoms with van der Waals surface area (Å²) in [5, 5.41) is 8.95. The molecule has 1 rings (SSSR count). The quantitative estimate of drug-likeness (QED) is 0.581. The summed E-state index contributed by atoms with van der Waals surface area (Å²) in [5.74, 6) is -0.755. The average molecular weight is 311 g/mol. The van der Waals surface area contributed by atoms with E-state index in [0.29, 0.717) is 32.4 Å². The number of carboxylic acid groups (broad SMARTS) is 1. The van der Waals surface area contributed by atoms with Crippen LogP contribution in [0.15, 0.2) is 0 Å². The Kier molecular flexibility index (Phi) is 9.93. The van der Waals surface area contributed by atoms with E-state index in [0.717, 1.165) is 12.8 Å². The molecular formula is C18H33NO3. The number of carbonyl (C=O) groups excluding carboxylic acids is 1. The third kappa shape index (κ3) is 7.81. The molecule has 0 aromatic carbocycles. The van der Waals surface area contributed by atoms with E-state index >= 15 is 0 Å². The maximum atomic E-state index is 12.1. The van der Waals surface area contributed by atoms with Crippen LogP contribution in [0.3, 0.4) is 0 Å². The van der Waals surface area contributed by atoms with Crippen LogP contribution in [-0.2, 0) is 9.59 Å². The molecular weight excluding hydrogens is 278 g/mol. The van der Waals surface area contributed by atoms with Gasteiger partial charge in [-0.15, -0.1) is 0 Å². The first-order valence-electron chi connectivity index (χ1n) is 9.15. The molecule has 0 spiro atoms. The van der Waals surface area contributed by atoms with E-state index < -0.39 is 5.97 Å². The third-order valence-corrected chi connectivity index (χ3v) is 4.69. The molecule has 128 valence electrons. The van der Waals surface area contributed by atoms with Gasteiger partial charge in [0.15, 0.2) is 0 Å². The summed E-state index contributed by atoms with van der Waals surface area (Å²) >= 11 is 0. The van der Waals surface area contributed by atoms with E-state index in [1.807, 2.05) is 4.90 Å². The maximum Gasteiger partial charge on any atom is 0.306 e. The third-order valence-electron chi connectivity index (χ3n) is 4.69. The molecule has 0 atom stereocenters. The Labute approximate surface area is 135 Å². The van der Waals surface area contributed by atoms with Crippen LogP contribution < -0.4 is 0 Å². The zero-order chi connectivity index (χ0) is 16.2. The normalized spacial score (nSPS) is 16.0. The van der Waals surface area contributed by atoms with Crippen molar-refractivity contribution in [2.75, 3.05) is 13.1 Å². The highest BCUT2D eigenvalue weighted by molar-refractivity contribution is 5.77. The van der Waals surface area contributed by atoms with Crippen molar-refractivity contribution < 1.29 is 14.7 Å². The molecule has 0 aliphatic carbocycles. The number of piperidine rings is 1. The molecule has 1 heterocycles. The average Bonchev–Trinajstić information content (AvgIpc) is 2.53. The highest BCUT2D eigenvalue weighted by Crippen LogP contribution is 2.18. The minimum atomic E-state index is -0.717. The molecule has 0 aromatic rings.